The largest absolute Gasteiger partial charge is 0.465 e. The van der Waals surface area contributed by atoms with E-state index in [2.05, 4.69) is 0 Å². The third-order valence-electron chi connectivity index (χ3n) is 9.16. The summed E-state index contributed by atoms with van der Waals surface area (Å²) in [4.78, 5) is 50.6. The van der Waals surface area contributed by atoms with Gasteiger partial charge in [-0.05, 0) is 38.5 Å². The van der Waals surface area contributed by atoms with Gasteiger partial charge in [-0.3, -0.25) is 19.2 Å². The molecule has 0 aromatic heterocycles. The van der Waals surface area contributed by atoms with E-state index in [1.54, 1.807) is 0 Å². The molecule has 0 aromatic carbocycles. The Balaban J connectivity index is 0.802. The van der Waals surface area contributed by atoms with Gasteiger partial charge in [0.2, 0.25) is 0 Å². The molecule has 6 rings (SSSR count). The molecule has 4 saturated heterocycles. The second kappa shape index (κ2) is 13.6. The first-order valence-corrected chi connectivity index (χ1v) is 15.7. The van der Waals surface area contributed by atoms with E-state index in [0.717, 1.165) is 38.5 Å². The molecule has 4 heterocycles. The van der Waals surface area contributed by atoms with Gasteiger partial charge >= 0.3 is 23.9 Å². The zero-order valence-electron chi connectivity index (χ0n) is 24.0. The smallest absolute Gasteiger partial charge is 0.310 e. The number of ether oxygens (including phenoxy) is 8. The molecule has 2 aliphatic carbocycles. The van der Waals surface area contributed by atoms with Crippen LogP contribution in [0.3, 0.4) is 0 Å². The molecule has 0 radical (unpaired) electrons. The van der Waals surface area contributed by atoms with Gasteiger partial charge in [0.25, 0.3) is 0 Å². The van der Waals surface area contributed by atoms with Crippen LogP contribution in [0.5, 0.6) is 0 Å². The maximum absolute atomic E-state index is 12.8. The SMILES string of the molecule is O=C(OCCCCCCCCOC(=O)C1CC2OC2CC1C(=O)OCC1CO1)C1CC2OC2CC1C(=O)OCC1CO1. The lowest BCUT2D eigenvalue weighted by atomic mass is 9.79. The average Bonchev–Trinajstić information content (AvgIpc) is 3.80. The Bertz CT molecular complexity index is 915. The fraction of sp³-hybridized carbons (Fsp3) is 0.867. The number of carbonyl (C=O) groups is 4. The van der Waals surface area contributed by atoms with Crippen LogP contribution in [-0.4, -0.2) is 100 Å². The molecular weight excluding hydrogens is 552 g/mol. The van der Waals surface area contributed by atoms with Gasteiger partial charge in [-0.15, -0.1) is 0 Å². The van der Waals surface area contributed by atoms with E-state index in [-0.39, 0.29) is 73.7 Å². The number of epoxide rings is 4. The van der Waals surface area contributed by atoms with Crippen molar-refractivity contribution in [3.63, 3.8) is 0 Å². The van der Waals surface area contributed by atoms with Crippen molar-refractivity contribution in [2.24, 2.45) is 23.7 Å². The highest BCUT2D eigenvalue weighted by molar-refractivity contribution is 5.83. The molecule has 2 saturated carbocycles. The van der Waals surface area contributed by atoms with Crippen molar-refractivity contribution >= 4 is 23.9 Å². The van der Waals surface area contributed by atoms with Crippen LogP contribution in [0.25, 0.3) is 0 Å². The van der Waals surface area contributed by atoms with Crippen molar-refractivity contribution < 1.29 is 57.1 Å². The number of hydrogen-bond acceptors (Lipinski definition) is 12. The first-order chi connectivity index (χ1) is 20.5. The van der Waals surface area contributed by atoms with E-state index >= 15 is 0 Å². The Morgan fingerprint density at radius 3 is 1.12 bits per heavy atom. The topological polar surface area (TPSA) is 155 Å². The minimum Gasteiger partial charge on any atom is -0.465 e. The molecule has 10 atom stereocenters. The fourth-order valence-corrected chi connectivity index (χ4v) is 6.25. The van der Waals surface area contributed by atoms with Crippen molar-refractivity contribution in [1.82, 2.24) is 0 Å². The highest BCUT2D eigenvalue weighted by Gasteiger charge is 2.55. The molecule has 6 fully saturated rings. The van der Waals surface area contributed by atoms with Crippen molar-refractivity contribution in [1.29, 1.82) is 0 Å². The molecule has 0 aromatic rings. The maximum atomic E-state index is 12.8. The maximum Gasteiger partial charge on any atom is 0.310 e. The predicted molar refractivity (Wildman–Crippen MR) is 141 cm³/mol. The fourth-order valence-electron chi connectivity index (χ4n) is 6.25. The summed E-state index contributed by atoms with van der Waals surface area (Å²) in [6, 6.07) is 0. The lowest BCUT2D eigenvalue weighted by Crippen LogP contribution is -2.38. The van der Waals surface area contributed by atoms with Gasteiger partial charge in [0.1, 0.15) is 25.4 Å². The quantitative estimate of drug-likeness (QED) is 0.104. The molecule has 234 valence electrons. The van der Waals surface area contributed by atoms with Crippen LogP contribution in [0, 0.1) is 23.7 Å². The van der Waals surface area contributed by atoms with Gasteiger partial charge in [-0.2, -0.15) is 0 Å². The monoisotopic (exact) mass is 594 g/mol. The van der Waals surface area contributed by atoms with Gasteiger partial charge in [0, 0.05) is 0 Å². The molecular formula is C30H42O12. The second-order valence-corrected chi connectivity index (χ2v) is 12.4. The summed E-state index contributed by atoms with van der Waals surface area (Å²) in [5, 5.41) is 0. The molecule has 0 bridgehead atoms. The molecule has 12 heteroatoms. The first-order valence-electron chi connectivity index (χ1n) is 15.7. The highest BCUT2D eigenvalue weighted by atomic mass is 16.6. The van der Waals surface area contributed by atoms with E-state index in [1.807, 2.05) is 0 Å². The van der Waals surface area contributed by atoms with Crippen molar-refractivity contribution in [3.8, 4) is 0 Å². The molecule has 10 unspecified atom stereocenters. The number of carbonyl (C=O) groups excluding carboxylic acids is 4. The summed E-state index contributed by atoms with van der Waals surface area (Å²) >= 11 is 0. The minimum absolute atomic E-state index is 0.0110. The van der Waals surface area contributed by atoms with Crippen molar-refractivity contribution in [2.75, 3.05) is 39.6 Å². The summed E-state index contributed by atoms with van der Waals surface area (Å²) in [5.74, 6) is -3.49. The Labute approximate surface area is 245 Å². The summed E-state index contributed by atoms with van der Waals surface area (Å²) in [6.07, 6.45) is 7.47. The average molecular weight is 595 g/mol. The Hall–Kier alpha value is -2.28. The molecule has 0 N–H and O–H groups in total. The number of rotatable bonds is 17. The van der Waals surface area contributed by atoms with Gasteiger partial charge < -0.3 is 37.9 Å². The van der Waals surface area contributed by atoms with Crippen molar-refractivity contribution in [3.05, 3.63) is 0 Å². The molecule has 12 nitrogen and oxygen atoms in total. The van der Waals surface area contributed by atoms with E-state index in [9.17, 15) is 19.2 Å². The Kier molecular flexibility index (Phi) is 9.62. The third-order valence-corrected chi connectivity index (χ3v) is 9.16. The van der Waals surface area contributed by atoms with Crippen LogP contribution in [0.2, 0.25) is 0 Å². The number of hydrogen-bond donors (Lipinski definition) is 0. The molecule has 0 amide bonds. The van der Waals surface area contributed by atoms with Crippen LogP contribution in [0.15, 0.2) is 0 Å². The number of fused-ring (bicyclic) bond motifs is 2. The van der Waals surface area contributed by atoms with Crippen LogP contribution in [-0.2, 0) is 57.1 Å². The van der Waals surface area contributed by atoms with Crippen LogP contribution >= 0.6 is 0 Å². The van der Waals surface area contributed by atoms with Gasteiger partial charge in [-0.25, -0.2) is 0 Å². The molecule has 4 aliphatic heterocycles. The van der Waals surface area contributed by atoms with Crippen LogP contribution in [0.4, 0.5) is 0 Å². The second-order valence-electron chi connectivity index (χ2n) is 12.4. The van der Waals surface area contributed by atoms with E-state index in [1.165, 1.54) is 0 Å². The van der Waals surface area contributed by atoms with Crippen molar-refractivity contribution in [2.45, 2.75) is 101 Å². The lowest BCUT2D eigenvalue weighted by molar-refractivity contribution is -0.162. The van der Waals surface area contributed by atoms with E-state index in [0.29, 0.717) is 52.1 Å². The Morgan fingerprint density at radius 1 is 0.476 bits per heavy atom. The zero-order valence-corrected chi connectivity index (χ0v) is 24.0. The highest BCUT2D eigenvalue weighted by Crippen LogP contribution is 2.45. The van der Waals surface area contributed by atoms with Gasteiger partial charge in [0.15, 0.2) is 0 Å². The summed E-state index contributed by atoms with van der Waals surface area (Å²) in [5.41, 5.74) is 0. The van der Waals surface area contributed by atoms with Crippen LogP contribution in [0.1, 0.15) is 64.2 Å². The van der Waals surface area contributed by atoms with Crippen LogP contribution < -0.4 is 0 Å². The van der Waals surface area contributed by atoms with E-state index < -0.39 is 23.7 Å². The summed E-state index contributed by atoms with van der Waals surface area (Å²) < 4.78 is 43.1. The molecule has 42 heavy (non-hydrogen) atoms. The first kappa shape index (κ1) is 29.8. The third kappa shape index (κ3) is 8.21. The zero-order chi connectivity index (χ0) is 29.1. The summed E-state index contributed by atoms with van der Waals surface area (Å²) in [7, 11) is 0. The standard InChI is InChI=1S/C30H42O12/c31-27(19-9-23-25(41-23)11-21(19)29(33)39-15-17-13-37-17)35-7-5-3-1-2-4-6-8-36-28(32)20-10-24-26(42-24)12-22(20)30(34)40-16-18-14-38-18/h17-26H,1-16H2. The van der Waals surface area contributed by atoms with Gasteiger partial charge in [0.05, 0.1) is 74.5 Å². The van der Waals surface area contributed by atoms with Gasteiger partial charge in [-0.1, -0.05) is 25.7 Å². The lowest BCUT2D eigenvalue weighted by Gasteiger charge is -2.26. The predicted octanol–water partition coefficient (Wildman–Crippen LogP) is 1.88. The Morgan fingerprint density at radius 2 is 0.786 bits per heavy atom. The normalized spacial score (nSPS) is 37.0. The summed E-state index contributed by atoms with van der Waals surface area (Å²) in [6.45, 7) is 2.34. The molecule has 0 spiro atoms. The minimum atomic E-state index is -0.520. The van der Waals surface area contributed by atoms with E-state index in [4.69, 9.17) is 37.9 Å². The number of esters is 4. The number of unbranched alkanes of at least 4 members (excludes halogenated alkanes) is 5. The molecule has 6 aliphatic rings.